The van der Waals surface area contributed by atoms with Crippen molar-refractivity contribution in [2.75, 3.05) is 5.32 Å². The van der Waals surface area contributed by atoms with Gasteiger partial charge in [-0.15, -0.1) is 11.3 Å². The Morgan fingerprint density at radius 1 is 1.33 bits per heavy atom. The number of nitrogens with one attached hydrogen (secondary N) is 1. The second-order valence-corrected chi connectivity index (χ2v) is 6.13. The van der Waals surface area contributed by atoms with Crippen molar-refractivity contribution in [2.24, 2.45) is 5.73 Å². The van der Waals surface area contributed by atoms with Crippen LogP contribution in [0.15, 0.2) is 29.6 Å². The molecular formula is C16H21N3OS. The quantitative estimate of drug-likeness (QED) is 0.879. The van der Waals surface area contributed by atoms with Crippen molar-refractivity contribution in [3.63, 3.8) is 0 Å². The first-order valence-corrected chi connectivity index (χ1v) is 8.01. The molecule has 1 amide bonds. The van der Waals surface area contributed by atoms with Gasteiger partial charge in [-0.1, -0.05) is 26.0 Å². The van der Waals surface area contributed by atoms with Gasteiger partial charge in [0.15, 0.2) is 0 Å². The van der Waals surface area contributed by atoms with Gasteiger partial charge in [0.25, 0.3) is 5.91 Å². The summed E-state index contributed by atoms with van der Waals surface area (Å²) in [5, 5.41) is 5.37. The Bertz CT molecular complexity index is 604. The Hall–Kier alpha value is -1.72. The number of nitrogens with two attached hydrogens (primary N) is 1. The van der Waals surface area contributed by atoms with E-state index in [0.717, 1.165) is 17.1 Å². The summed E-state index contributed by atoms with van der Waals surface area (Å²) in [5.74, 6) is 0.330. The van der Waals surface area contributed by atoms with E-state index in [0.29, 0.717) is 11.6 Å². The minimum Gasteiger partial charge on any atom is -0.322 e. The van der Waals surface area contributed by atoms with Crippen LogP contribution in [-0.2, 0) is 0 Å². The third kappa shape index (κ3) is 3.89. The Morgan fingerprint density at radius 2 is 2.00 bits per heavy atom. The lowest BCUT2D eigenvalue weighted by atomic mass is 9.99. The summed E-state index contributed by atoms with van der Waals surface area (Å²) in [6.07, 6.45) is 1.10. The SMILES string of the molecule is CCC(C)c1ccc(NC(=O)c2csc(C(C)N)n2)cc1. The van der Waals surface area contributed by atoms with Gasteiger partial charge >= 0.3 is 0 Å². The number of hydrogen-bond acceptors (Lipinski definition) is 4. The summed E-state index contributed by atoms with van der Waals surface area (Å²) >= 11 is 1.41. The van der Waals surface area contributed by atoms with E-state index < -0.39 is 0 Å². The van der Waals surface area contributed by atoms with Crippen molar-refractivity contribution in [1.29, 1.82) is 0 Å². The highest BCUT2D eigenvalue weighted by Gasteiger charge is 2.13. The van der Waals surface area contributed by atoms with Crippen molar-refractivity contribution < 1.29 is 4.79 Å². The molecular weight excluding hydrogens is 282 g/mol. The van der Waals surface area contributed by atoms with Crippen LogP contribution in [0.4, 0.5) is 5.69 Å². The van der Waals surface area contributed by atoms with Gasteiger partial charge < -0.3 is 11.1 Å². The fourth-order valence-corrected chi connectivity index (χ4v) is 2.68. The molecule has 5 heteroatoms. The Balaban J connectivity index is 2.05. The smallest absolute Gasteiger partial charge is 0.275 e. The van der Waals surface area contributed by atoms with Gasteiger partial charge in [0.05, 0.1) is 6.04 Å². The molecule has 2 aromatic rings. The molecule has 112 valence electrons. The molecule has 21 heavy (non-hydrogen) atoms. The predicted octanol–water partition coefficient (Wildman–Crippen LogP) is 3.93. The van der Waals surface area contributed by atoms with Crippen LogP contribution in [0.5, 0.6) is 0 Å². The van der Waals surface area contributed by atoms with E-state index in [4.69, 9.17) is 5.73 Å². The number of thiazole rings is 1. The van der Waals surface area contributed by atoms with E-state index in [-0.39, 0.29) is 11.9 Å². The normalized spacial score (nSPS) is 13.7. The molecule has 0 bridgehead atoms. The second-order valence-electron chi connectivity index (χ2n) is 5.25. The number of amides is 1. The number of benzene rings is 1. The number of rotatable bonds is 5. The monoisotopic (exact) mass is 303 g/mol. The standard InChI is InChI=1S/C16H21N3OS/c1-4-10(2)12-5-7-13(8-6-12)18-15(20)14-9-21-16(19-14)11(3)17/h5-11H,4,17H2,1-3H3,(H,18,20). The molecule has 3 N–H and O–H groups in total. The van der Waals surface area contributed by atoms with Crippen LogP contribution in [0.1, 0.15) is 60.2 Å². The van der Waals surface area contributed by atoms with Gasteiger partial charge in [0.1, 0.15) is 10.7 Å². The summed E-state index contributed by atoms with van der Waals surface area (Å²) in [6, 6.07) is 7.82. The first-order chi connectivity index (χ1) is 10.0. The van der Waals surface area contributed by atoms with Crippen LogP contribution in [-0.4, -0.2) is 10.9 Å². The lowest BCUT2D eigenvalue weighted by molar-refractivity contribution is 0.102. The molecule has 0 aliphatic heterocycles. The van der Waals surface area contributed by atoms with Gasteiger partial charge in [-0.25, -0.2) is 4.98 Å². The summed E-state index contributed by atoms with van der Waals surface area (Å²) < 4.78 is 0. The van der Waals surface area contributed by atoms with Crippen molar-refractivity contribution in [2.45, 2.75) is 39.2 Å². The molecule has 1 heterocycles. The highest BCUT2D eigenvalue weighted by atomic mass is 32.1. The fourth-order valence-electron chi connectivity index (χ4n) is 1.93. The zero-order valence-electron chi connectivity index (χ0n) is 12.6. The molecule has 0 radical (unpaired) electrons. The molecule has 0 saturated heterocycles. The minimum atomic E-state index is -0.200. The molecule has 2 atom stereocenters. The minimum absolute atomic E-state index is 0.147. The molecule has 1 aromatic heterocycles. The topological polar surface area (TPSA) is 68.0 Å². The highest BCUT2D eigenvalue weighted by Crippen LogP contribution is 2.21. The molecule has 0 aliphatic carbocycles. The van der Waals surface area contributed by atoms with Crippen molar-refractivity contribution in [1.82, 2.24) is 4.98 Å². The van der Waals surface area contributed by atoms with Crippen LogP contribution in [0.3, 0.4) is 0 Å². The maximum Gasteiger partial charge on any atom is 0.275 e. The highest BCUT2D eigenvalue weighted by molar-refractivity contribution is 7.09. The molecule has 2 rings (SSSR count). The molecule has 0 aliphatic rings. The maximum atomic E-state index is 12.1. The van der Waals surface area contributed by atoms with E-state index in [1.807, 2.05) is 19.1 Å². The van der Waals surface area contributed by atoms with Gasteiger partial charge in [-0.2, -0.15) is 0 Å². The van der Waals surface area contributed by atoms with Crippen molar-refractivity contribution in [3.05, 3.63) is 45.9 Å². The van der Waals surface area contributed by atoms with E-state index in [1.54, 1.807) is 5.38 Å². The summed E-state index contributed by atoms with van der Waals surface area (Å²) in [6.45, 7) is 6.21. The summed E-state index contributed by atoms with van der Waals surface area (Å²) in [5.41, 5.74) is 8.23. The van der Waals surface area contributed by atoms with E-state index in [2.05, 4.69) is 36.3 Å². The van der Waals surface area contributed by atoms with Crippen molar-refractivity contribution in [3.8, 4) is 0 Å². The zero-order chi connectivity index (χ0) is 15.4. The van der Waals surface area contributed by atoms with Crippen LogP contribution in [0.2, 0.25) is 0 Å². The summed E-state index contributed by atoms with van der Waals surface area (Å²) in [4.78, 5) is 16.4. The maximum absolute atomic E-state index is 12.1. The Labute approximate surface area is 129 Å². The van der Waals surface area contributed by atoms with Crippen molar-refractivity contribution >= 4 is 22.9 Å². The molecule has 0 fully saturated rings. The fraction of sp³-hybridized carbons (Fsp3) is 0.375. The van der Waals surface area contributed by atoms with Gasteiger partial charge in [-0.05, 0) is 37.0 Å². The first-order valence-electron chi connectivity index (χ1n) is 7.13. The number of carbonyl (C=O) groups is 1. The van der Waals surface area contributed by atoms with Crippen LogP contribution < -0.4 is 11.1 Å². The average molecular weight is 303 g/mol. The van der Waals surface area contributed by atoms with Crippen LogP contribution >= 0.6 is 11.3 Å². The average Bonchev–Trinajstić information content (AvgIpc) is 2.97. The van der Waals surface area contributed by atoms with Crippen LogP contribution in [0.25, 0.3) is 0 Å². The van der Waals surface area contributed by atoms with E-state index in [1.165, 1.54) is 16.9 Å². The first kappa shape index (κ1) is 15.7. The number of nitrogens with zero attached hydrogens (tertiary/aromatic N) is 1. The summed E-state index contributed by atoms with van der Waals surface area (Å²) in [7, 11) is 0. The van der Waals surface area contributed by atoms with Gasteiger partial charge in [-0.3, -0.25) is 4.79 Å². The molecule has 1 aromatic carbocycles. The Kier molecular flexibility index (Phi) is 5.09. The number of hydrogen-bond donors (Lipinski definition) is 2. The van der Waals surface area contributed by atoms with E-state index >= 15 is 0 Å². The number of carbonyl (C=O) groups excluding carboxylic acids is 1. The predicted molar refractivity (Wildman–Crippen MR) is 87.8 cm³/mol. The van der Waals surface area contributed by atoms with Crippen LogP contribution in [0, 0.1) is 0 Å². The third-order valence-corrected chi connectivity index (χ3v) is 4.54. The largest absolute Gasteiger partial charge is 0.322 e. The lowest BCUT2D eigenvalue weighted by Gasteiger charge is -2.10. The zero-order valence-corrected chi connectivity index (χ0v) is 13.4. The Morgan fingerprint density at radius 3 is 2.52 bits per heavy atom. The third-order valence-electron chi connectivity index (χ3n) is 3.49. The molecule has 0 spiro atoms. The number of aromatic nitrogens is 1. The van der Waals surface area contributed by atoms with Gasteiger partial charge in [0, 0.05) is 11.1 Å². The van der Waals surface area contributed by atoms with Gasteiger partial charge in [0.2, 0.25) is 0 Å². The lowest BCUT2D eigenvalue weighted by Crippen LogP contribution is -2.13. The number of anilines is 1. The molecule has 2 unspecified atom stereocenters. The second kappa shape index (κ2) is 6.83. The molecule has 0 saturated carbocycles. The van der Waals surface area contributed by atoms with E-state index in [9.17, 15) is 4.79 Å². The molecule has 4 nitrogen and oxygen atoms in total.